The average Bonchev–Trinajstić information content (AvgIpc) is 1.86. The fourth-order valence-electron chi connectivity index (χ4n) is 0.515. The van der Waals surface area contributed by atoms with Gasteiger partial charge in [-0.25, -0.2) is 11.6 Å². The molecule has 0 heterocycles. The van der Waals surface area contributed by atoms with Gasteiger partial charge in [-0.15, -0.1) is 6.42 Å². The van der Waals surface area contributed by atoms with Gasteiger partial charge in [0.25, 0.3) is 0 Å². The maximum Gasteiger partial charge on any atom is 0 e. The fourth-order valence-corrected chi connectivity index (χ4v) is 0.515. The predicted molar refractivity (Wildman–Crippen MR) is 37.0 cm³/mol. The van der Waals surface area contributed by atoms with Crippen LogP contribution in [-0.2, 0) is 17.1 Å². The van der Waals surface area contributed by atoms with Crippen molar-refractivity contribution >= 4 is 0 Å². The van der Waals surface area contributed by atoms with E-state index in [1.807, 2.05) is 0 Å². The minimum atomic E-state index is 0. The number of rotatable bonds is 0. The molecule has 0 fully saturated rings. The van der Waals surface area contributed by atoms with E-state index in [0.717, 1.165) is 6.42 Å². The summed E-state index contributed by atoms with van der Waals surface area (Å²) in [5.74, 6) is 0. The summed E-state index contributed by atoms with van der Waals surface area (Å²) in [5, 5.41) is 0. The molecule has 0 aromatic heterocycles. The van der Waals surface area contributed by atoms with Crippen LogP contribution in [0.3, 0.4) is 0 Å². The molecule has 0 aromatic rings. The molecule has 0 aromatic carbocycles. The molecule has 1 rings (SSSR count). The molecule has 4 heteroatoms. The summed E-state index contributed by atoms with van der Waals surface area (Å²) in [6, 6.07) is 0. The molecule has 10 heavy (non-hydrogen) atoms. The molecule has 3 nitrogen and oxygen atoms in total. The monoisotopic (exact) mass is 188 g/mol. The van der Waals surface area contributed by atoms with Crippen LogP contribution in [0.25, 0.3) is 0 Å². The molecule has 0 spiro atoms. The van der Waals surface area contributed by atoms with Crippen molar-refractivity contribution in [3.63, 3.8) is 0 Å². The molecule has 1 aliphatic carbocycles. The molecule has 0 bridgehead atoms. The molecule has 0 saturated heterocycles. The van der Waals surface area contributed by atoms with E-state index in [4.69, 9.17) is 0 Å². The summed E-state index contributed by atoms with van der Waals surface area (Å²) in [5.41, 5.74) is 1.27. The number of hydrogen-bond donors (Lipinski definition) is 0. The van der Waals surface area contributed by atoms with Gasteiger partial charge >= 0.3 is 0 Å². The Hall–Kier alpha value is -0.121. The van der Waals surface area contributed by atoms with Gasteiger partial charge in [-0.3, -0.25) is 6.08 Å². The molecule has 0 amide bonds. The normalized spacial score (nSPS) is 11.1. The van der Waals surface area contributed by atoms with E-state index in [2.05, 4.69) is 25.2 Å². The standard InChI is InChI=1S/C6H7.Mn.3H2O/c1-6-4-2-3-5-6;;;;/h2,4H,3H2,1H3;;3*1H2/q-1;;;;. The molecule has 0 aliphatic heterocycles. The van der Waals surface area contributed by atoms with Gasteiger partial charge in [0.05, 0.1) is 0 Å². The molecule has 1 aliphatic rings. The van der Waals surface area contributed by atoms with Crippen molar-refractivity contribution in [2.45, 2.75) is 13.3 Å². The quantitative estimate of drug-likeness (QED) is 0.352. The van der Waals surface area contributed by atoms with Gasteiger partial charge in [0, 0.05) is 17.1 Å². The number of allylic oxidation sites excluding steroid dienone is 4. The predicted octanol–water partition coefficient (Wildman–Crippen LogP) is -0.781. The number of hydrogen-bond acceptors (Lipinski definition) is 0. The van der Waals surface area contributed by atoms with E-state index in [1.54, 1.807) is 0 Å². The van der Waals surface area contributed by atoms with Crippen molar-refractivity contribution in [1.29, 1.82) is 0 Å². The van der Waals surface area contributed by atoms with E-state index >= 15 is 0 Å². The Morgan fingerprint density at radius 3 is 1.90 bits per heavy atom. The Bertz CT molecular complexity index is 107. The molecule has 0 atom stereocenters. The zero-order valence-electron chi connectivity index (χ0n) is 5.74. The van der Waals surface area contributed by atoms with Crippen LogP contribution in [0, 0.1) is 6.08 Å². The molecule has 0 saturated carbocycles. The first kappa shape index (κ1) is 22.5. The van der Waals surface area contributed by atoms with Crippen molar-refractivity contribution in [2.24, 2.45) is 0 Å². The van der Waals surface area contributed by atoms with Crippen molar-refractivity contribution in [3.8, 4) is 0 Å². The summed E-state index contributed by atoms with van der Waals surface area (Å²) in [4.78, 5) is 0. The smallest absolute Gasteiger partial charge is 0 e. The maximum absolute atomic E-state index is 3.12. The Kier molecular flexibility index (Phi) is 26.2. The van der Waals surface area contributed by atoms with Gasteiger partial charge in [0.1, 0.15) is 0 Å². The second-order valence-corrected chi connectivity index (χ2v) is 1.47. The van der Waals surface area contributed by atoms with Gasteiger partial charge in [-0.05, 0) is 0 Å². The van der Waals surface area contributed by atoms with Gasteiger partial charge < -0.3 is 16.4 Å². The molecule has 1 radical (unpaired) electrons. The summed E-state index contributed by atoms with van der Waals surface area (Å²) in [7, 11) is 0. The summed E-state index contributed by atoms with van der Waals surface area (Å²) >= 11 is 0. The van der Waals surface area contributed by atoms with Crippen LogP contribution in [0.5, 0.6) is 0 Å². The molecular formula is C6H13MnO3-. The molecular weight excluding hydrogens is 175 g/mol. The average molecular weight is 188 g/mol. The maximum atomic E-state index is 3.12. The van der Waals surface area contributed by atoms with Crippen LogP contribution in [0.1, 0.15) is 13.3 Å². The van der Waals surface area contributed by atoms with E-state index in [1.165, 1.54) is 5.57 Å². The van der Waals surface area contributed by atoms with Crippen molar-refractivity contribution in [1.82, 2.24) is 0 Å². The Morgan fingerprint density at radius 1 is 1.30 bits per heavy atom. The minimum Gasteiger partial charge on any atom is -0.412 e. The molecule has 0 unspecified atom stereocenters. The molecule has 6 N–H and O–H groups in total. The third-order valence-electron chi connectivity index (χ3n) is 0.867. The second kappa shape index (κ2) is 11.6. The third-order valence-corrected chi connectivity index (χ3v) is 0.867. The van der Waals surface area contributed by atoms with E-state index in [0.29, 0.717) is 0 Å². The van der Waals surface area contributed by atoms with Crippen molar-refractivity contribution in [2.75, 3.05) is 0 Å². The van der Waals surface area contributed by atoms with Crippen LogP contribution in [0.4, 0.5) is 0 Å². The SMILES string of the molecule is CC1=[C-]CC=C1.O.O.O.[Mn]. The topological polar surface area (TPSA) is 94.5 Å². The van der Waals surface area contributed by atoms with Crippen LogP contribution >= 0.6 is 0 Å². The van der Waals surface area contributed by atoms with Crippen LogP contribution in [-0.4, -0.2) is 16.4 Å². The van der Waals surface area contributed by atoms with E-state index in [-0.39, 0.29) is 33.5 Å². The first-order valence-electron chi connectivity index (χ1n) is 2.13. The second-order valence-electron chi connectivity index (χ2n) is 1.47. The minimum absolute atomic E-state index is 0. The van der Waals surface area contributed by atoms with Gasteiger partial charge in [-0.1, -0.05) is 6.92 Å². The summed E-state index contributed by atoms with van der Waals surface area (Å²) < 4.78 is 0. The van der Waals surface area contributed by atoms with Crippen molar-refractivity contribution in [3.05, 3.63) is 23.8 Å². The van der Waals surface area contributed by atoms with Crippen LogP contribution in [0.15, 0.2) is 17.7 Å². The fraction of sp³-hybridized carbons (Fsp3) is 0.333. The van der Waals surface area contributed by atoms with Crippen LogP contribution in [0.2, 0.25) is 0 Å². The van der Waals surface area contributed by atoms with Crippen LogP contribution < -0.4 is 0 Å². The molecule has 63 valence electrons. The zero-order valence-corrected chi connectivity index (χ0v) is 6.92. The van der Waals surface area contributed by atoms with Crippen molar-refractivity contribution < 1.29 is 33.5 Å². The van der Waals surface area contributed by atoms with Gasteiger partial charge in [0.2, 0.25) is 0 Å². The van der Waals surface area contributed by atoms with E-state index < -0.39 is 0 Å². The first-order chi connectivity index (χ1) is 2.89. The van der Waals surface area contributed by atoms with Gasteiger partial charge in [0.15, 0.2) is 0 Å². The Labute approximate surface area is 71.2 Å². The largest absolute Gasteiger partial charge is 0.412 e. The van der Waals surface area contributed by atoms with E-state index in [9.17, 15) is 0 Å². The summed E-state index contributed by atoms with van der Waals surface area (Å²) in [6.45, 7) is 2.06. The zero-order chi connectivity index (χ0) is 4.41. The Balaban J connectivity index is -0.0000000450. The summed E-state index contributed by atoms with van der Waals surface area (Å²) in [6.07, 6.45) is 8.33. The Morgan fingerprint density at radius 2 is 1.80 bits per heavy atom. The first-order valence-corrected chi connectivity index (χ1v) is 2.13. The third kappa shape index (κ3) is 7.88. The van der Waals surface area contributed by atoms with Gasteiger partial charge in [-0.2, -0.15) is 6.08 Å².